The number of likely N-dealkylation sites (tertiary alicyclic amines) is 2. The van der Waals surface area contributed by atoms with Crippen LogP contribution in [0, 0.1) is 0 Å². The second-order valence-corrected chi connectivity index (χ2v) is 12.6. The summed E-state index contributed by atoms with van der Waals surface area (Å²) in [7, 11) is 0. The molecule has 2 amide bonds. The molecule has 3 heterocycles. The van der Waals surface area contributed by atoms with Crippen molar-refractivity contribution in [3.63, 3.8) is 0 Å². The molecule has 1 atom stereocenters. The summed E-state index contributed by atoms with van der Waals surface area (Å²) in [5.41, 5.74) is 9.75. The molecule has 2 aromatic rings. The van der Waals surface area contributed by atoms with Crippen LogP contribution in [-0.2, 0) is 4.79 Å². The van der Waals surface area contributed by atoms with E-state index >= 15 is 0 Å². The molecule has 7 heteroatoms. The van der Waals surface area contributed by atoms with Gasteiger partial charge in [-0.05, 0) is 69.6 Å². The fourth-order valence-corrected chi connectivity index (χ4v) is 7.13. The van der Waals surface area contributed by atoms with Gasteiger partial charge in [0, 0.05) is 61.5 Å². The van der Waals surface area contributed by atoms with Crippen LogP contribution in [0.4, 0.5) is 0 Å². The first-order chi connectivity index (χ1) is 20.6. The van der Waals surface area contributed by atoms with E-state index in [1.54, 1.807) is 5.57 Å². The molecule has 7 nitrogen and oxygen atoms in total. The predicted molar refractivity (Wildman–Crippen MR) is 166 cm³/mol. The molecular weight excluding hydrogens is 524 g/mol. The van der Waals surface area contributed by atoms with Gasteiger partial charge in [-0.2, -0.15) is 0 Å². The van der Waals surface area contributed by atoms with Crippen LogP contribution in [0.25, 0.3) is 0 Å². The van der Waals surface area contributed by atoms with Crippen molar-refractivity contribution in [3.8, 4) is 11.5 Å². The topological polar surface area (TPSA) is 87.9 Å². The van der Waals surface area contributed by atoms with E-state index in [1.165, 1.54) is 44.9 Å². The van der Waals surface area contributed by atoms with Gasteiger partial charge in [0.2, 0.25) is 5.91 Å². The summed E-state index contributed by atoms with van der Waals surface area (Å²) in [6.07, 6.45) is 15.1. The number of rotatable bonds is 5. The number of benzene rings is 2. The van der Waals surface area contributed by atoms with Gasteiger partial charge in [-0.1, -0.05) is 55.2 Å². The van der Waals surface area contributed by atoms with Gasteiger partial charge < -0.3 is 20.7 Å². The summed E-state index contributed by atoms with van der Waals surface area (Å²) in [6.45, 7) is 4.31. The van der Waals surface area contributed by atoms with E-state index in [4.69, 9.17) is 10.5 Å². The number of nitrogens with two attached hydrogens (primary N) is 1. The summed E-state index contributed by atoms with van der Waals surface area (Å²) >= 11 is 0. The van der Waals surface area contributed by atoms with Gasteiger partial charge in [-0.15, -0.1) is 0 Å². The summed E-state index contributed by atoms with van der Waals surface area (Å²) < 4.78 is 6.27. The average Bonchev–Trinajstić information content (AvgIpc) is 3.14. The van der Waals surface area contributed by atoms with Gasteiger partial charge in [-0.3, -0.25) is 14.5 Å². The lowest BCUT2D eigenvalue weighted by Gasteiger charge is -2.35. The maximum Gasteiger partial charge on any atom is 0.254 e. The van der Waals surface area contributed by atoms with E-state index in [2.05, 4.69) is 16.3 Å². The summed E-state index contributed by atoms with van der Waals surface area (Å²) in [4.78, 5) is 32.4. The van der Waals surface area contributed by atoms with Crippen molar-refractivity contribution in [3.05, 3.63) is 70.8 Å². The highest BCUT2D eigenvalue weighted by Gasteiger charge is 2.38. The minimum atomic E-state index is -0.598. The molecule has 2 aromatic carbocycles. The zero-order valence-corrected chi connectivity index (χ0v) is 24.9. The van der Waals surface area contributed by atoms with E-state index < -0.39 is 5.92 Å². The van der Waals surface area contributed by atoms with Crippen LogP contribution in [-0.4, -0.2) is 66.4 Å². The Balaban J connectivity index is 1.17. The number of ether oxygens (including phenoxy) is 1. The molecule has 3 aliphatic heterocycles. The lowest BCUT2D eigenvalue weighted by molar-refractivity contribution is -0.122. The van der Waals surface area contributed by atoms with Crippen LogP contribution in [0.2, 0.25) is 0 Å². The monoisotopic (exact) mass is 570 g/mol. The standard InChI is InChI=1S/C35H46N4O3/c36-26-16-22-39(23-17-26)35(41)29-13-9-15-31-32(29)33(28-12-7-8-14-30(28)42-31)34(40)37-27-18-20-38(21-19-27)24-25-10-5-3-1-2-4-6-11-25/h7-10,12-15,26-27,33H,1-6,11,16-24,36H2,(H,37,40)/b25-10+. The van der Waals surface area contributed by atoms with Crippen LogP contribution >= 0.6 is 0 Å². The smallest absolute Gasteiger partial charge is 0.254 e. The maximum absolute atomic E-state index is 14.2. The van der Waals surface area contributed by atoms with E-state index in [0.717, 1.165) is 50.9 Å². The first kappa shape index (κ1) is 28.9. The minimum Gasteiger partial charge on any atom is -0.457 e. The first-order valence-corrected chi connectivity index (χ1v) is 16.2. The van der Waals surface area contributed by atoms with Gasteiger partial charge in [0.05, 0.1) is 5.92 Å². The summed E-state index contributed by atoms with van der Waals surface area (Å²) in [6, 6.07) is 13.6. The van der Waals surface area contributed by atoms with Crippen LogP contribution in [0.1, 0.15) is 98.0 Å². The molecule has 42 heavy (non-hydrogen) atoms. The molecule has 1 aliphatic carbocycles. The van der Waals surface area contributed by atoms with Gasteiger partial charge in [-0.25, -0.2) is 0 Å². The number of carbonyl (C=O) groups excluding carboxylic acids is 2. The van der Waals surface area contributed by atoms with Crippen LogP contribution in [0.3, 0.4) is 0 Å². The van der Waals surface area contributed by atoms with Crippen molar-refractivity contribution in [1.82, 2.24) is 15.1 Å². The number of carbonyl (C=O) groups is 2. The fourth-order valence-electron chi connectivity index (χ4n) is 7.13. The molecule has 2 fully saturated rings. The molecule has 0 saturated carbocycles. The van der Waals surface area contributed by atoms with Crippen molar-refractivity contribution >= 4 is 11.8 Å². The van der Waals surface area contributed by atoms with Crippen molar-refractivity contribution in [2.24, 2.45) is 5.73 Å². The van der Waals surface area contributed by atoms with E-state index in [0.29, 0.717) is 35.7 Å². The van der Waals surface area contributed by atoms with Crippen molar-refractivity contribution < 1.29 is 14.3 Å². The maximum atomic E-state index is 14.2. The number of allylic oxidation sites excluding steroid dienone is 1. The van der Waals surface area contributed by atoms with Gasteiger partial charge >= 0.3 is 0 Å². The SMILES string of the molecule is NC1CCN(C(=O)c2cccc3c2C(C(=O)NC2CCN(C/C4=C/CCCCCCC4)CC2)c2ccccc2O3)CC1. The molecule has 0 bridgehead atoms. The largest absolute Gasteiger partial charge is 0.457 e. The molecule has 0 spiro atoms. The molecule has 0 aromatic heterocycles. The number of hydrogen-bond acceptors (Lipinski definition) is 5. The van der Waals surface area contributed by atoms with E-state index in [9.17, 15) is 9.59 Å². The first-order valence-electron chi connectivity index (χ1n) is 16.2. The zero-order chi connectivity index (χ0) is 28.9. The average molecular weight is 571 g/mol. The Morgan fingerprint density at radius 1 is 0.857 bits per heavy atom. The third kappa shape index (κ3) is 6.57. The summed E-state index contributed by atoms with van der Waals surface area (Å²) in [5, 5.41) is 3.40. The van der Waals surface area contributed by atoms with Gasteiger partial charge in [0.15, 0.2) is 0 Å². The second-order valence-electron chi connectivity index (χ2n) is 12.6. The van der Waals surface area contributed by atoms with Crippen LogP contribution in [0.5, 0.6) is 11.5 Å². The van der Waals surface area contributed by atoms with Gasteiger partial charge in [0.1, 0.15) is 11.5 Å². The lowest BCUT2D eigenvalue weighted by Crippen LogP contribution is -2.47. The fraction of sp³-hybridized carbons (Fsp3) is 0.543. The Hall–Kier alpha value is -3.16. The molecule has 2 saturated heterocycles. The molecule has 224 valence electrons. The third-order valence-corrected chi connectivity index (χ3v) is 9.62. The Labute approximate surface area is 250 Å². The molecule has 6 rings (SSSR count). The highest BCUT2D eigenvalue weighted by atomic mass is 16.5. The minimum absolute atomic E-state index is 0.0490. The van der Waals surface area contributed by atoms with Crippen molar-refractivity contribution in [2.75, 3.05) is 32.7 Å². The Kier molecular flexibility index (Phi) is 9.25. The molecule has 1 unspecified atom stereocenters. The van der Waals surface area contributed by atoms with E-state index in [1.807, 2.05) is 47.4 Å². The molecular formula is C35H46N4O3. The number of fused-ring (bicyclic) bond motifs is 2. The van der Waals surface area contributed by atoms with Crippen LogP contribution < -0.4 is 15.8 Å². The van der Waals surface area contributed by atoms with Crippen LogP contribution in [0.15, 0.2) is 54.1 Å². The Morgan fingerprint density at radius 2 is 1.60 bits per heavy atom. The van der Waals surface area contributed by atoms with Crippen molar-refractivity contribution in [2.45, 2.75) is 88.6 Å². The highest BCUT2D eigenvalue weighted by Crippen LogP contribution is 2.46. The quantitative estimate of drug-likeness (QED) is 0.448. The second kappa shape index (κ2) is 13.4. The van der Waals surface area contributed by atoms with Gasteiger partial charge in [0.25, 0.3) is 5.91 Å². The third-order valence-electron chi connectivity index (χ3n) is 9.62. The number of hydrogen-bond donors (Lipinski definition) is 2. The highest BCUT2D eigenvalue weighted by molar-refractivity contribution is 6.00. The molecule has 3 N–H and O–H groups in total. The number of piperidine rings is 2. The van der Waals surface area contributed by atoms with E-state index in [-0.39, 0.29) is 23.9 Å². The van der Waals surface area contributed by atoms with Crippen molar-refractivity contribution in [1.29, 1.82) is 0 Å². The zero-order valence-electron chi connectivity index (χ0n) is 24.9. The summed E-state index contributed by atoms with van der Waals surface area (Å²) in [5.74, 6) is 0.569. The molecule has 4 aliphatic rings. The number of nitrogens with zero attached hydrogens (tertiary/aromatic N) is 2. The number of amides is 2. The number of nitrogens with one attached hydrogen (secondary N) is 1. The molecule has 0 radical (unpaired) electrons. The predicted octanol–water partition coefficient (Wildman–Crippen LogP) is 5.74. The normalized spacial score (nSPS) is 23.7. The number of para-hydroxylation sites is 1. The lowest BCUT2D eigenvalue weighted by atomic mass is 9.83. The Morgan fingerprint density at radius 3 is 2.43 bits per heavy atom. The Bertz CT molecular complexity index is 1290.